The zero-order valence-corrected chi connectivity index (χ0v) is 12.4. The highest BCUT2D eigenvalue weighted by atomic mass is 15.0. The zero-order valence-electron chi connectivity index (χ0n) is 12.4. The number of hydrogen-bond donors (Lipinski definition) is 2. The van der Waals surface area contributed by atoms with Crippen LogP contribution < -0.4 is 11.1 Å². The van der Waals surface area contributed by atoms with Crippen LogP contribution in [0.3, 0.4) is 0 Å². The summed E-state index contributed by atoms with van der Waals surface area (Å²) in [6.07, 6.45) is 12.4. The molecule has 2 fully saturated rings. The minimum absolute atomic E-state index is 0.229. The van der Waals surface area contributed by atoms with Crippen molar-refractivity contribution in [2.24, 2.45) is 17.6 Å². The monoisotopic (exact) mass is 252 g/mol. The van der Waals surface area contributed by atoms with E-state index >= 15 is 0 Å². The van der Waals surface area contributed by atoms with Gasteiger partial charge in [0.05, 0.1) is 0 Å². The lowest BCUT2D eigenvalue weighted by Crippen LogP contribution is -2.61. The molecule has 2 rings (SSSR count). The molecule has 3 atom stereocenters. The van der Waals surface area contributed by atoms with Gasteiger partial charge in [-0.25, -0.2) is 0 Å². The third kappa shape index (κ3) is 3.27. The summed E-state index contributed by atoms with van der Waals surface area (Å²) in [5.74, 6) is 1.57. The standard InChI is InChI=1S/C16H32N2/c1-13-9-10-14(2)16(11-13,12-17)18-15-7-5-3-4-6-8-15/h13-15,18H,3-12,17H2,1-2H3. The second kappa shape index (κ2) is 6.38. The van der Waals surface area contributed by atoms with Crippen LogP contribution in [0.5, 0.6) is 0 Å². The number of nitrogens with one attached hydrogen (secondary N) is 1. The first-order valence-corrected chi connectivity index (χ1v) is 8.14. The molecule has 0 aromatic heterocycles. The third-order valence-corrected chi connectivity index (χ3v) is 5.46. The van der Waals surface area contributed by atoms with Gasteiger partial charge in [0.25, 0.3) is 0 Å². The van der Waals surface area contributed by atoms with Crippen molar-refractivity contribution in [3.63, 3.8) is 0 Å². The Hall–Kier alpha value is -0.0800. The van der Waals surface area contributed by atoms with Crippen molar-refractivity contribution >= 4 is 0 Å². The maximum Gasteiger partial charge on any atom is 0.0334 e. The minimum Gasteiger partial charge on any atom is -0.329 e. The van der Waals surface area contributed by atoms with E-state index in [1.165, 1.54) is 57.8 Å². The number of nitrogens with two attached hydrogens (primary N) is 1. The Labute approximate surface area is 113 Å². The van der Waals surface area contributed by atoms with Crippen molar-refractivity contribution in [1.82, 2.24) is 5.32 Å². The molecule has 3 unspecified atom stereocenters. The molecule has 0 aliphatic heterocycles. The smallest absolute Gasteiger partial charge is 0.0334 e. The first kappa shape index (κ1) is 14.3. The molecule has 2 aliphatic carbocycles. The Morgan fingerprint density at radius 1 is 1.00 bits per heavy atom. The zero-order chi connectivity index (χ0) is 13.0. The summed E-state index contributed by atoms with van der Waals surface area (Å²) >= 11 is 0. The lowest BCUT2D eigenvalue weighted by molar-refractivity contribution is 0.109. The van der Waals surface area contributed by atoms with Crippen molar-refractivity contribution in [3.05, 3.63) is 0 Å². The molecule has 0 heterocycles. The molecule has 0 saturated heterocycles. The van der Waals surface area contributed by atoms with Crippen LogP contribution in [0.15, 0.2) is 0 Å². The van der Waals surface area contributed by atoms with E-state index in [-0.39, 0.29) is 5.54 Å². The van der Waals surface area contributed by atoms with Crippen LogP contribution in [-0.2, 0) is 0 Å². The van der Waals surface area contributed by atoms with Gasteiger partial charge in [-0.15, -0.1) is 0 Å². The van der Waals surface area contributed by atoms with Crippen molar-refractivity contribution < 1.29 is 0 Å². The molecule has 106 valence electrons. The van der Waals surface area contributed by atoms with Gasteiger partial charge in [0.2, 0.25) is 0 Å². The van der Waals surface area contributed by atoms with E-state index in [1.807, 2.05) is 0 Å². The first-order chi connectivity index (χ1) is 8.66. The van der Waals surface area contributed by atoms with Gasteiger partial charge >= 0.3 is 0 Å². The molecule has 0 bridgehead atoms. The molecule has 0 spiro atoms. The average molecular weight is 252 g/mol. The summed E-state index contributed by atoms with van der Waals surface area (Å²) < 4.78 is 0. The second-order valence-corrected chi connectivity index (χ2v) is 6.98. The van der Waals surface area contributed by atoms with Gasteiger partial charge in [-0.3, -0.25) is 0 Å². The van der Waals surface area contributed by atoms with E-state index in [0.717, 1.165) is 24.4 Å². The van der Waals surface area contributed by atoms with Gasteiger partial charge in [0.1, 0.15) is 0 Å². The number of hydrogen-bond acceptors (Lipinski definition) is 2. The highest BCUT2D eigenvalue weighted by Crippen LogP contribution is 2.37. The van der Waals surface area contributed by atoms with Crippen molar-refractivity contribution in [1.29, 1.82) is 0 Å². The Morgan fingerprint density at radius 2 is 1.67 bits per heavy atom. The molecule has 0 radical (unpaired) electrons. The molecule has 3 N–H and O–H groups in total. The fourth-order valence-electron chi connectivity index (χ4n) is 4.11. The quantitative estimate of drug-likeness (QED) is 0.755. The lowest BCUT2D eigenvalue weighted by atomic mass is 9.69. The van der Waals surface area contributed by atoms with E-state index in [9.17, 15) is 0 Å². The molecule has 2 heteroatoms. The minimum atomic E-state index is 0.229. The van der Waals surface area contributed by atoms with Gasteiger partial charge in [-0.1, -0.05) is 46.0 Å². The van der Waals surface area contributed by atoms with E-state index in [0.29, 0.717) is 0 Å². The molecular weight excluding hydrogens is 220 g/mol. The summed E-state index contributed by atoms with van der Waals surface area (Å²) in [6.45, 7) is 5.61. The second-order valence-electron chi connectivity index (χ2n) is 6.98. The average Bonchev–Trinajstić information content (AvgIpc) is 2.62. The molecular formula is C16H32N2. The Balaban J connectivity index is 2.01. The molecule has 0 aromatic carbocycles. The van der Waals surface area contributed by atoms with Crippen LogP contribution in [-0.4, -0.2) is 18.1 Å². The summed E-state index contributed by atoms with van der Waals surface area (Å²) in [4.78, 5) is 0. The van der Waals surface area contributed by atoms with Gasteiger partial charge in [-0.05, 0) is 37.5 Å². The van der Waals surface area contributed by atoms with Crippen LogP contribution in [0.2, 0.25) is 0 Å². The fourth-order valence-corrected chi connectivity index (χ4v) is 4.11. The predicted octanol–water partition coefficient (Wildman–Crippen LogP) is 3.45. The lowest BCUT2D eigenvalue weighted by Gasteiger charge is -2.47. The van der Waals surface area contributed by atoms with Gasteiger partial charge in [0, 0.05) is 18.1 Å². The Morgan fingerprint density at radius 3 is 2.28 bits per heavy atom. The van der Waals surface area contributed by atoms with Crippen LogP contribution in [0.25, 0.3) is 0 Å². The summed E-state index contributed by atoms with van der Waals surface area (Å²) in [5.41, 5.74) is 6.41. The van der Waals surface area contributed by atoms with Crippen molar-refractivity contribution in [3.8, 4) is 0 Å². The summed E-state index contributed by atoms with van der Waals surface area (Å²) in [7, 11) is 0. The molecule has 0 aromatic rings. The highest BCUT2D eigenvalue weighted by molar-refractivity contribution is 5.00. The van der Waals surface area contributed by atoms with Crippen LogP contribution in [0, 0.1) is 11.8 Å². The first-order valence-electron chi connectivity index (χ1n) is 8.14. The van der Waals surface area contributed by atoms with Crippen molar-refractivity contribution in [2.45, 2.75) is 83.2 Å². The van der Waals surface area contributed by atoms with E-state index in [4.69, 9.17) is 5.73 Å². The molecule has 2 saturated carbocycles. The van der Waals surface area contributed by atoms with E-state index in [2.05, 4.69) is 19.2 Å². The highest BCUT2D eigenvalue weighted by Gasteiger charge is 2.40. The Kier molecular flexibility index (Phi) is 5.08. The van der Waals surface area contributed by atoms with Crippen LogP contribution >= 0.6 is 0 Å². The van der Waals surface area contributed by atoms with E-state index < -0.39 is 0 Å². The molecule has 18 heavy (non-hydrogen) atoms. The SMILES string of the molecule is CC1CCC(C)C(CN)(NC2CCCCCC2)C1. The maximum absolute atomic E-state index is 6.18. The van der Waals surface area contributed by atoms with Gasteiger partial charge in [0.15, 0.2) is 0 Å². The van der Waals surface area contributed by atoms with Crippen molar-refractivity contribution in [2.75, 3.05) is 6.54 Å². The molecule has 0 amide bonds. The summed E-state index contributed by atoms with van der Waals surface area (Å²) in [6, 6.07) is 0.726. The topological polar surface area (TPSA) is 38.0 Å². The summed E-state index contributed by atoms with van der Waals surface area (Å²) in [5, 5.41) is 4.02. The van der Waals surface area contributed by atoms with Crippen LogP contribution in [0.1, 0.15) is 71.6 Å². The largest absolute Gasteiger partial charge is 0.329 e. The van der Waals surface area contributed by atoms with Gasteiger partial charge in [-0.2, -0.15) is 0 Å². The molecule has 2 aliphatic rings. The third-order valence-electron chi connectivity index (χ3n) is 5.46. The Bertz CT molecular complexity index is 245. The van der Waals surface area contributed by atoms with E-state index in [1.54, 1.807) is 0 Å². The normalized spacial score (nSPS) is 39.5. The fraction of sp³-hybridized carbons (Fsp3) is 1.00. The maximum atomic E-state index is 6.18. The number of rotatable bonds is 3. The van der Waals surface area contributed by atoms with Gasteiger partial charge < -0.3 is 11.1 Å². The molecule has 2 nitrogen and oxygen atoms in total. The predicted molar refractivity (Wildman–Crippen MR) is 78.6 cm³/mol. The van der Waals surface area contributed by atoms with Crippen LogP contribution in [0.4, 0.5) is 0 Å².